The molecule has 1 N–H and O–H groups in total. The van der Waals surface area contributed by atoms with E-state index in [4.69, 9.17) is 13.9 Å². The molecule has 4 rings (SSSR count). The molecular weight excluding hydrogens is 452 g/mol. The van der Waals surface area contributed by atoms with E-state index in [1.165, 1.54) is 0 Å². The van der Waals surface area contributed by atoms with Gasteiger partial charge in [0.25, 0.3) is 11.8 Å². The predicted molar refractivity (Wildman–Crippen MR) is 115 cm³/mol. The monoisotopic (exact) mass is 470 g/mol. The zero-order valence-corrected chi connectivity index (χ0v) is 17.7. The number of fused-ring (bicyclic) bond motifs is 1. The highest BCUT2D eigenvalue weighted by Crippen LogP contribution is 2.36. The van der Waals surface area contributed by atoms with Crippen molar-refractivity contribution in [1.82, 2.24) is 0 Å². The molecule has 0 radical (unpaired) electrons. The zero-order valence-electron chi connectivity index (χ0n) is 16.1. The molecule has 7 nitrogen and oxygen atoms in total. The summed E-state index contributed by atoms with van der Waals surface area (Å²) in [6.45, 7) is 2.41. The highest BCUT2D eigenvalue weighted by atomic mass is 79.9. The lowest BCUT2D eigenvalue weighted by Gasteiger charge is -2.33. The van der Waals surface area contributed by atoms with E-state index in [0.717, 1.165) is 5.75 Å². The summed E-state index contributed by atoms with van der Waals surface area (Å²) < 4.78 is 17.2. The third-order valence-electron chi connectivity index (χ3n) is 4.55. The Morgan fingerprint density at radius 1 is 1.17 bits per heavy atom. The van der Waals surface area contributed by atoms with E-state index in [1.54, 1.807) is 42.2 Å². The minimum Gasteiger partial charge on any atom is -0.492 e. The molecule has 1 unspecified atom stereocenters. The number of carbonyl (C=O) groups excluding carboxylic acids is 2. The van der Waals surface area contributed by atoms with Gasteiger partial charge in [-0.2, -0.15) is 0 Å². The summed E-state index contributed by atoms with van der Waals surface area (Å²) in [7, 11) is 0. The fraction of sp³-hybridized carbons (Fsp3) is 0.182. The molecule has 0 fully saturated rings. The molecule has 1 aliphatic rings. The first-order valence-corrected chi connectivity index (χ1v) is 10.2. The second-order valence-corrected chi connectivity index (χ2v) is 7.43. The van der Waals surface area contributed by atoms with Gasteiger partial charge < -0.3 is 24.1 Å². The number of amides is 2. The number of nitrogens with one attached hydrogen (secondary N) is 1. The Labute approximate surface area is 181 Å². The maximum Gasteiger partial charge on any atom is 0.291 e. The Bertz CT molecular complexity index is 1070. The number of carbonyl (C=O) groups is 2. The van der Waals surface area contributed by atoms with Gasteiger partial charge in [0.1, 0.15) is 18.1 Å². The minimum atomic E-state index is -0.638. The van der Waals surface area contributed by atoms with E-state index in [9.17, 15) is 9.59 Å². The smallest absolute Gasteiger partial charge is 0.291 e. The van der Waals surface area contributed by atoms with Crippen LogP contribution in [0, 0.1) is 0 Å². The Hall–Kier alpha value is -3.26. The van der Waals surface area contributed by atoms with Gasteiger partial charge in [0.15, 0.2) is 16.5 Å². The number of hydrogen-bond donors (Lipinski definition) is 1. The molecule has 154 valence electrons. The number of halogens is 1. The van der Waals surface area contributed by atoms with Crippen molar-refractivity contribution in [2.45, 2.75) is 13.0 Å². The lowest BCUT2D eigenvalue weighted by Crippen LogP contribution is -2.46. The van der Waals surface area contributed by atoms with Gasteiger partial charge in [-0.1, -0.05) is 18.2 Å². The van der Waals surface area contributed by atoms with Crippen molar-refractivity contribution in [1.29, 1.82) is 0 Å². The summed E-state index contributed by atoms with van der Waals surface area (Å²) in [6, 6.07) is 17.8. The van der Waals surface area contributed by atoms with Gasteiger partial charge in [0.2, 0.25) is 0 Å². The zero-order chi connectivity index (χ0) is 21.1. The summed E-state index contributed by atoms with van der Waals surface area (Å²) in [5.74, 6) is 0.920. The molecule has 30 heavy (non-hydrogen) atoms. The molecule has 2 heterocycles. The van der Waals surface area contributed by atoms with Gasteiger partial charge in [-0.25, -0.2) is 0 Å². The van der Waals surface area contributed by atoms with Crippen molar-refractivity contribution in [3.05, 3.63) is 71.1 Å². The van der Waals surface area contributed by atoms with E-state index in [2.05, 4.69) is 21.2 Å². The van der Waals surface area contributed by atoms with Crippen LogP contribution < -0.4 is 19.7 Å². The molecule has 0 spiro atoms. The number of rotatable bonds is 6. The van der Waals surface area contributed by atoms with Gasteiger partial charge in [-0.15, -0.1) is 0 Å². The van der Waals surface area contributed by atoms with E-state index in [-0.39, 0.29) is 17.6 Å². The van der Waals surface area contributed by atoms with Crippen molar-refractivity contribution in [3.63, 3.8) is 0 Å². The van der Waals surface area contributed by atoms with E-state index in [0.29, 0.717) is 34.9 Å². The standard InChI is InChI=1S/C22H19BrN2O5/c1-14-22(27)25(11-12-28-16-5-3-2-4-6-16)17-8-7-15(13-19(17)29-14)24-21(26)18-9-10-20(23)30-18/h2-10,13-14H,11-12H2,1H3,(H,24,26). The van der Waals surface area contributed by atoms with Crippen molar-refractivity contribution in [2.75, 3.05) is 23.4 Å². The lowest BCUT2D eigenvalue weighted by atomic mass is 10.1. The molecule has 8 heteroatoms. The Morgan fingerprint density at radius 2 is 1.97 bits per heavy atom. The molecule has 0 saturated heterocycles. The first-order valence-electron chi connectivity index (χ1n) is 9.38. The normalized spacial score (nSPS) is 15.3. The Balaban J connectivity index is 1.48. The van der Waals surface area contributed by atoms with Crippen LogP contribution in [0.15, 0.2) is 69.8 Å². The average Bonchev–Trinajstić information content (AvgIpc) is 3.18. The fourth-order valence-corrected chi connectivity index (χ4v) is 3.43. The molecule has 2 amide bonds. The van der Waals surface area contributed by atoms with Crippen molar-refractivity contribution >= 4 is 39.1 Å². The number of hydrogen-bond acceptors (Lipinski definition) is 5. The first kappa shape index (κ1) is 20.0. The highest BCUT2D eigenvalue weighted by molar-refractivity contribution is 9.10. The second-order valence-electron chi connectivity index (χ2n) is 6.65. The van der Waals surface area contributed by atoms with Gasteiger partial charge in [0.05, 0.1) is 12.2 Å². The third kappa shape index (κ3) is 4.33. The van der Waals surface area contributed by atoms with Gasteiger partial charge in [-0.3, -0.25) is 9.59 Å². The van der Waals surface area contributed by atoms with Gasteiger partial charge in [-0.05, 0) is 59.3 Å². The van der Waals surface area contributed by atoms with E-state index >= 15 is 0 Å². The molecule has 0 bridgehead atoms. The predicted octanol–water partition coefficient (Wildman–Crippen LogP) is 4.49. The van der Waals surface area contributed by atoms with Crippen LogP contribution in [0.1, 0.15) is 17.5 Å². The maximum absolute atomic E-state index is 12.6. The molecule has 1 aromatic heterocycles. The molecular formula is C22H19BrN2O5. The van der Waals surface area contributed by atoms with Crippen molar-refractivity contribution in [3.8, 4) is 11.5 Å². The van der Waals surface area contributed by atoms with Crippen LogP contribution in [0.5, 0.6) is 11.5 Å². The number of ether oxygens (including phenoxy) is 2. The van der Waals surface area contributed by atoms with Crippen molar-refractivity contribution in [2.24, 2.45) is 0 Å². The third-order valence-corrected chi connectivity index (χ3v) is 4.98. The van der Waals surface area contributed by atoms with E-state index in [1.807, 2.05) is 30.3 Å². The summed E-state index contributed by atoms with van der Waals surface area (Å²) in [5.41, 5.74) is 1.17. The Morgan fingerprint density at radius 3 is 2.70 bits per heavy atom. The SMILES string of the molecule is CC1Oc2cc(NC(=O)c3ccc(Br)o3)ccc2N(CCOc2ccccc2)C1=O. The minimum absolute atomic E-state index is 0.142. The lowest BCUT2D eigenvalue weighted by molar-refractivity contribution is -0.125. The molecule has 0 saturated carbocycles. The van der Waals surface area contributed by atoms with Crippen LogP contribution in [0.2, 0.25) is 0 Å². The van der Waals surface area contributed by atoms with Crippen LogP contribution in [0.3, 0.4) is 0 Å². The van der Waals surface area contributed by atoms with E-state index < -0.39 is 6.10 Å². The molecule has 1 aliphatic heterocycles. The average molecular weight is 471 g/mol. The van der Waals surface area contributed by atoms with Gasteiger partial charge >= 0.3 is 0 Å². The topological polar surface area (TPSA) is 81.0 Å². The van der Waals surface area contributed by atoms with Gasteiger partial charge in [0, 0.05) is 11.8 Å². The van der Waals surface area contributed by atoms with Crippen LogP contribution in [0.4, 0.5) is 11.4 Å². The largest absolute Gasteiger partial charge is 0.492 e. The molecule has 2 aromatic carbocycles. The number of nitrogens with zero attached hydrogens (tertiary/aromatic N) is 1. The number of benzene rings is 2. The van der Waals surface area contributed by atoms with Crippen molar-refractivity contribution < 1.29 is 23.5 Å². The van der Waals surface area contributed by atoms with Crippen LogP contribution >= 0.6 is 15.9 Å². The molecule has 0 aliphatic carbocycles. The fourth-order valence-electron chi connectivity index (χ4n) is 3.12. The summed E-state index contributed by atoms with van der Waals surface area (Å²) in [5, 5.41) is 2.77. The number of anilines is 2. The maximum atomic E-state index is 12.6. The first-order chi connectivity index (χ1) is 14.5. The van der Waals surface area contributed by atoms with Crippen LogP contribution in [-0.2, 0) is 4.79 Å². The van der Waals surface area contributed by atoms with Crippen LogP contribution in [0.25, 0.3) is 0 Å². The number of para-hydroxylation sites is 1. The summed E-state index contributed by atoms with van der Waals surface area (Å²) in [4.78, 5) is 26.6. The summed E-state index contributed by atoms with van der Waals surface area (Å²) >= 11 is 3.18. The number of furan rings is 1. The molecule has 3 aromatic rings. The Kier molecular flexibility index (Phi) is 5.76. The summed E-state index contributed by atoms with van der Waals surface area (Å²) in [6.07, 6.45) is -0.638. The molecule has 1 atom stereocenters. The second kappa shape index (κ2) is 8.62. The highest BCUT2D eigenvalue weighted by Gasteiger charge is 2.31. The van der Waals surface area contributed by atoms with Crippen LogP contribution in [-0.4, -0.2) is 31.1 Å². The quantitative estimate of drug-likeness (QED) is 0.573.